The van der Waals surface area contributed by atoms with E-state index < -0.39 is 0 Å². The molecule has 0 heterocycles. The molecular weight excluding hydrogens is 266 g/mol. The first kappa shape index (κ1) is 15.2. The largest absolute Gasteiger partial charge is 0.497 e. The maximum absolute atomic E-state index is 6.34. The van der Waals surface area contributed by atoms with E-state index in [1.165, 1.54) is 0 Å². The summed E-state index contributed by atoms with van der Waals surface area (Å²) in [5, 5.41) is 0. The fourth-order valence-corrected chi connectivity index (χ4v) is 2.29. The van der Waals surface area contributed by atoms with Gasteiger partial charge in [0.05, 0.1) is 21.3 Å². The molecule has 0 radical (unpaired) electrons. The molecule has 0 saturated heterocycles. The van der Waals surface area contributed by atoms with Crippen LogP contribution in [0.15, 0.2) is 42.5 Å². The number of rotatable bonds is 6. The minimum absolute atomic E-state index is 0.179. The summed E-state index contributed by atoms with van der Waals surface area (Å²) < 4.78 is 15.9. The van der Waals surface area contributed by atoms with Crippen molar-refractivity contribution in [3.8, 4) is 17.2 Å². The Morgan fingerprint density at radius 2 is 1.62 bits per heavy atom. The van der Waals surface area contributed by atoms with Crippen molar-refractivity contribution in [3.63, 3.8) is 0 Å². The van der Waals surface area contributed by atoms with Crippen molar-refractivity contribution in [2.24, 2.45) is 5.73 Å². The Labute approximate surface area is 125 Å². The van der Waals surface area contributed by atoms with Gasteiger partial charge in [-0.05, 0) is 42.3 Å². The zero-order chi connectivity index (χ0) is 15.2. The minimum Gasteiger partial charge on any atom is -0.497 e. The Balaban J connectivity index is 2.24. The van der Waals surface area contributed by atoms with E-state index in [0.717, 1.165) is 28.4 Å². The second kappa shape index (κ2) is 6.99. The summed E-state index contributed by atoms with van der Waals surface area (Å²) in [4.78, 5) is 0. The van der Waals surface area contributed by atoms with Crippen molar-refractivity contribution in [1.29, 1.82) is 0 Å². The van der Waals surface area contributed by atoms with Crippen molar-refractivity contribution in [3.05, 3.63) is 53.6 Å². The zero-order valence-corrected chi connectivity index (χ0v) is 12.6. The van der Waals surface area contributed by atoms with Gasteiger partial charge in [-0.15, -0.1) is 0 Å². The Morgan fingerprint density at radius 1 is 0.905 bits per heavy atom. The molecule has 2 aromatic rings. The lowest BCUT2D eigenvalue weighted by Gasteiger charge is -2.17. The van der Waals surface area contributed by atoms with Crippen LogP contribution in [0.3, 0.4) is 0 Å². The predicted octanol–water partition coefficient (Wildman–Crippen LogP) is 2.95. The third-order valence-corrected chi connectivity index (χ3v) is 3.43. The Hall–Kier alpha value is -2.20. The number of hydrogen-bond donors (Lipinski definition) is 1. The summed E-state index contributed by atoms with van der Waals surface area (Å²) in [6.45, 7) is 0. The van der Waals surface area contributed by atoms with Crippen LogP contribution in [0.1, 0.15) is 17.2 Å². The molecule has 0 bridgehead atoms. The number of ether oxygens (including phenoxy) is 3. The van der Waals surface area contributed by atoms with Gasteiger partial charge in [-0.3, -0.25) is 0 Å². The molecule has 112 valence electrons. The average molecular weight is 287 g/mol. The standard InChI is InChI=1S/C17H21NO3/c1-19-13-6-4-5-12(9-13)10-16(18)15-11-14(20-2)7-8-17(15)21-3/h4-9,11,16H,10,18H2,1-3H3. The summed E-state index contributed by atoms with van der Waals surface area (Å²) in [6.07, 6.45) is 0.695. The van der Waals surface area contributed by atoms with Crippen LogP contribution in [-0.4, -0.2) is 21.3 Å². The summed E-state index contributed by atoms with van der Waals surface area (Å²) in [7, 11) is 4.94. The second-order valence-corrected chi connectivity index (χ2v) is 4.77. The minimum atomic E-state index is -0.179. The molecule has 1 unspecified atom stereocenters. The first-order chi connectivity index (χ1) is 10.2. The highest BCUT2D eigenvalue weighted by Crippen LogP contribution is 2.30. The highest BCUT2D eigenvalue weighted by Gasteiger charge is 2.14. The van der Waals surface area contributed by atoms with Crippen LogP contribution in [0.5, 0.6) is 17.2 Å². The fraction of sp³-hybridized carbons (Fsp3) is 0.294. The molecule has 0 saturated carbocycles. The van der Waals surface area contributed by atoms with Crippen molar-refractivity contribution >= 4 is 0 Å². The van der Waals surface area contributed by atoms with E-state index in [-0.39, 0.29) is 6.04 Å². The molecule has 2 aromatic carbocycles. The molecule has 4 nitrogen and oxygen atoms in total. The zero-order valence-electron chi connectivity index (χ0n) is 12.6. The lowest BCUT2D eigenvalue weighted by molar-refractivity contribution is 0.395. The molecule has 2 N–H and O–H groups in total. The Kier molecular flexibility index (Phi) is 5.06. The van der Waals surface area contributed by atoms with E-state index in [2.05, 4.69) is 0 Å². The smallest absolute Gasteiger partial charge is 0.123 e. The van der Waals surface area contributed by atoms with E-state index in [9.17, 15) is 0 Å². The first-order valence-electron chi connectivity index (χ1n) is 6.78. The van der Waals surface area contributed by atoms with Crippen LogP contribution in [-0.2, 0) is 6.42 Å². The first-order valence-corrected chi connectivity index (χ1v) is 6.78. The van der Waals surface area contributed by atoms with Crippen molar-refractivity contribution < 1.29 is 14.2 Å². The van der Waals surface area contributed by atoms with E-state index in [0.29, 0.717) is 6.42 Å². The predicted molar refractivity (Wildman–Crippen MR) is 83.2 cm³/mol. The van der Waals surface area contributed by atoms with Crippen LogP contribution in [0, 0.1) is 0 Å². The van der Waals surface area contributed by atoms with Gasteiger partial charge in [0.25, 0.3) is 0 Å². The Bertz CT molecular complexity index is 598. The third kappa shape index (κ3) is 3.67. The molecule has 2 rings (SSSR count). The van der Waals surface area contributed by atoms with Gasteiger partial charge in [0.15, 0.2) is 0 Å². The molecule has 0 aliphatic rings. The lowest BCUT2D eigenvalue weighted by Crippen LogP contribution is -2.14. The van der Waals surface area contributed by atoms with Gasteiger partial charge in [0.1, 0.15) is 17.2 Å². The SMILES string of the molecule is COc1cccc(CC(N)c2cc(OC)ccc2OC)c1. The molecule has 0 amide bonds. The average Bonchev–Trinajstić information content (AvgIpc) is 2.54. The number of nitrogens with two attached hydrogens (primary N) is 1. The van der Waals surface area contributed by atoms with E-state index in [1.807, 2.05) is 42.5 Å². The molecule has 0 aliphatic heterocycles. The van der Waals surface area contributed by atoms with Crippen LogP contribution in [0.2, 0.25) is 0 Å². The molecule has 1 atom stereocenters. The molecule has 0 aliphatic carbocycles. The number of methoxy groups -OCH3 is 3. The number of benzene rings is 2. The number of hydrogen-bond acceptors (Lipinski definition) is 4. The van der Waals surface area contributed by atoms with Crippen molar-refractivity contribution in [2.45, 2.75) is 12.5 Å². The second-order valence-electron chi connectivity index (χ2n) is 4.77. The van der Waals surface area contributed by atoms with Crippen LogP contribution < -0.4 is 19.9 Å². The molecule has 0 spiro atoms. The molecular formula is C17H21NO3. The highest BCUT2D eigenvalue weighted by atomic mass is 16.5. The van der Waals surface area contributed by atoms with Crippen LogP contribution in [0.25, 0.3) is 0 Å². The molecule has 4 heteroatoms. The lowest BCUT2D eigenvalue weighted by atomic mass is 9.98. The van der Waals surface area contributed by atoms with E-state index in [1.54, 1.807) is 21.3 Å². The molecule has 0 fully saturated rings. The van der Waals surface area contributed by atoms with Crippen molar-refractivity contribution in [2.75, 3.05) is 21.3 Å². The van der Waals surface area contributed by atoms with Gasteiger partial charge in [-0.1, -0.05) is 12.1 Å². The summed E-state index contributed by atoms with van der Waals surface area (Å²) in [5.41, 5.74) is 8.39. The van der Waals surface area contributed by atoms with Gasteiger partial charge in [0.2, 0.25) is 0 Å². The summed E-state index contributed by atoms with van der Waals surface area (Å²) in [6, 6.07) is 13.4. The highest BCUT2D eigenvalue weighted by molar-refractivity contribution is 5.43. The van der Waals surface area contributed by atoms with E-state index in [4.69, 9.17) is 19.9 Å². The molecule has 21 heavy (non-hydrogen) atoms. The van der Waals surface area contributed by atoms with Gasteiger partial charge in [-0.2, -0.15) is 0 Å². The topological polar surface area (TPSA) is 53.7 Å². The maximum Gasteiger partial charge on any atom is 0.123 e. The van der Waals surface area contributed by atoms with E-state index >= 15 is 0 Å². The third-order valence-electron chi connectivity index (χ3n) is 3.43. The summed E-state index contributed by atoms with van der Waals surface area (Å²) >= 11 is 0. The molecule has 0 aromatic heterocycles. The van der Waals surface area contributed by atoms with Gasteiger partial charge < -0.3 is 19.9 Å². The Morgan fingerprint density at radius 3 is 2.29 bits per heavy atom. The monoisotopic (exact) mass is 287 g/mol. The maximum atomic E-state index is 6.34. The normalized spacial score (nSPS) is 11.8. The van der Waals surface area contributed by atoms with Gasteiger partial charge in [0, 0.05) is 11.6 Å². The fourth-order valence-electron chi connectivity index (χ4n) is 2.29. The van der Waals surface area contributed by atoms with Crippen LogP contribution >= 0.6 is 0 Å². The van der Waals surface area contributed by atoms with Gasteiger partial charge in [-0.25, -0.2) is 0 Å². The van der Waals surface area contributed by atoms with Crippen molar-refractivity contribution in [1.82, 2.24) is 0 Å². The van der Waals surface area contributed by atoms with Crippen LogP contribution in [0.4, 0.5) is 0 Å². The summed E-state index contributed by atoms with van der Waals surface area (Å²) in [5.74, 6) is 2.37. The van der Waals surface area contributed by atoms with Gasteiger partial charge >= 0.3 is 0 Å². The quantitative estimate of drug-likeness (QED) is 0.887.